The Hall–Kier alpha value is -3.22. The van der Waals surface area contributed by atoms with Gasteiger partial charge < -0.3 is 9.67 Å². The van der Waals surface area contributed by atoms with E-state index in [9.17, 15) is 15.2 Å². The normalized spacial score (nSPS) is 11.4. The van der Waals surface area contributed by atoms with Gasteiger partial charge in [-0.3, -0.25) is 10.1 Å². The molecule has 0 saturated heterocycles. The van der Waals surface area contributed by atoms with E-state index in [-0.39, 0.29) is 17.3 Å². The van der Waals surface area contributed by atoms with Crippen LogP contribution in [0.4, 0.5) is 17.1 Å². The number of hydrogen-bond donors (Lipinski definition) is 1. The molecule has 1 aromatic heterocycles. The topological polar surface area (TPSA) is 93.0 Å². The zero-order valence-corrected chi connectivity index (χ0v) is 13.1. The minimum Gasteiger partial charge on any atom is -0.493 e. The molecule has 7 nitrogen and oxygen atoms in total. The summed E-state index contributed by atoms with van der Waals surface area (Å²) in [6.07, 6.45) is 0.854. The molecule has 7 heteroatoms. The van der Waals surface area contributed by atoms with Crippen molar-refractivity contribution >= 4 is 28.0 Å². The molecule has 0 spiro atoms. The summed E-state index contributed by atoms with van der Waals surface area (Å²) in [5.41, 5.74) is 1.19. The first-order chi connectivity index (χ1) is 11.6. The Labute approximate surface area is 138 Å². The van der Waals surface area contributed by atoms with Gasteiger partial charge in [0.1, 0.15) is 0 Å². The Morgan fingerprint density at radius 1 is 1.12 bits per heavy atom. The summed E-state index contributed by atoms with van der Waals surface area (Å²) >= 11 is 0. The summed E-state index contributed by atoms with van der Waals surface area (Å²) in [5.74, 6) is 0.0142. The number of para-hydroxylation sites is 2. The van der Waals surface area contributed by atoms with Crippen molar-refractivity contribution in [2.45, 2.75) is 19.9 Å². The number of azo groups is 1. The number of aryl methyl sites for hydroxylation is 1. The molecule has 0 unspecified atom stereocenters. The highest BCUT2D eigenvalue weighted by molar-refractivity contribution is 5.95. The summed E-state index contributed by atoms with van der Waals surface area (Å²) in [6, 6.07) is 13.6. The standard InChI is InChI=1S/C17H16N4O3/c1-2-11-20-14-9-5-3-7-12(14)16(17(20)22)19-18-13-8-4-6-10-15(13)21(23)24/h3-10,22H,2,11H2,1H3. The number of aromatic hydroxyl groups is 1. The number of hydrogen-bond acceptors (Lipinski definition) is 5. The first kappa shape index (κ1) is 15.7. The second-order valence-electron chi connectivity index (χ2n) is 5.29. The fraction of sp³-hybridized carbons (Fsp3) is 0.176. The van der Waals surface area contributed by atoms with Crippen LogP contribution < -0.4 is 0 Å². The van der Waals surface area contributed by atoms with Crippen molar-refractivity contribution in [3.05, 3.63) is 58.6 Å². The lowest BCUT2D eigenvalue weighted by atomic mass is 10.2. The molecule has 0 bridgehead atoms. The van der Waals surface area contributed by atoms with E-state index in [1.54, 1.807) is 16.7 Å². The van der Waals surface area contributed by atoms with Crippen molar-refractivity contribution in [1.82, 2.24) is 4.57 Å². The van der Waals surface area contributed by atoms with Gasteiger partial charge in [-0.1, -0.05) is 37.3 Å². The third kappa shape index (κ3) is 2.71. The molecule has 122 valence electrons. The summed E-state index contributed by atoms with van der Waals surface area (Å²) in [6.45, 7) is 2.66. The van der Waals surface area contributed by atoms with Crippen LogP contribution >= 0.6 is 0 Å². The SMILES string of the molecule is CCCn1c(O)c(N=Nc2ccccc2[N+](=O)[O-])c2ccccc21. The van der Waals surface area contributed by atoms with Gasteiger partial charge in [-0.25, -0.2) is 0 Å². The predicted molar refractivity (Wildman–Crippen MR) is 91.2 cm³/mol. The van der Waals surface area contributed by atoms with Crippen LogP contribution in [-0.4, -0.2) is 14.6 Å². The zero-order chi connectivity index (χ0) is 17.1. The van der Waals surface area contributed by atoms with Crippen LogP contribution in [0.2, 0.25) is 0 Å². The van der Waals surface area contributed by atoms with Gasteiger partial charge >= 0.3 is 0 Å². The molecule has 0 amide bonds. The Kier molecular flexibility index (Phi) is 4.24. The van der Waals surface area contributed by atoms with Gasteiger partial charge in [0.15, 0.2) is 11.4 Å². The molecule has 0 aliphatic heterocycles. The van der Waals surface area contributed by atoms with Crippen molar-refractivity contribution in [3.8, 4) is 5.88 Å². The maximum absolute atomic E-state index is 11.1. The minimum absolute atomic E-state index is 0.0142. The number of nitro benzene ring substituents is 1. The summed E-state index contributed by atoms with van der Waals surface area (Å²) in [5, 5.41) is 30.4. The van der Waals surface area contributed by atoms with E-state index in [0.29, 0.717) is 12.2 Å². The van der Waals surface area contributed by atoms with Crippen molar-refractivity contribution in [1.29, 1.82) is 0 Å². The molecule has 1 N–H and O–H groups in total. The molecule has 0 fully saturated rings. The zero-order valence-electron chi connectivity index (χ0n) is 13.1. The number of benzene rings is 2. The second-order valence-corrected chi connectivity index (χ2v) is 5.29. The lowest BCUT2D eigenvalue weighted by Crippen LogP contribution is -1.94. The molecular formula is C17H16N4O3. The monoisotopic (exact) mass is 324 g/mol. The van der Waals surface area contributed by atoms with E-state index < -0.39 is 4.92 Å². The Bertz CT molecular complexity index is 931. The van der Waals surface area contributed by atoms with Gasteiger partial charge in [0.25, 0.3) is 5.69 Å². The molecule has 0 aliphatic carbocycles. The van der Waals surface area contributed by atoms with Crippen LogP contribution in [0.1, 0.15) is 13.3 Å². The van der Waals surface area contributed by atoms with Gasteiger partial charge in [-0.15, -0.1) is 10.2 Å². The van der Waals surface area contributed by atoms with E-state index in [0.717, 1.165) is 17.3 Å². The smallest absolute Gasteiger partial charge is 0.296 e. The molecule has 3 aromatic rings. The molecule has 0 atom stereocenters. The van der Waals surface area contributed by atoms with E-state index in [2.05, 4.69) is 10.2 Å². The quantitative estimate of drug-likeness (QED) is 0.403. The van der Waals surface area contributed by atoms with Gasteiger partial charge in [-0.05, 0) is 18.6 Å². The summed E-state index contributed by atoms with van der Waals surface area (Å²) in [7, 11) is 0. The van der Waals surface area contributed by atoms with Crippen molar-refractivity contribution in [2.24, 2.45) is 10.2 Å². The lowest BCUT2D eigenvalue weighted by molar-refractivity contribution is -0.384. The van der Waals surface area contributed by atoms with Gasteiger partial charge in [0, 0.05) is 18.0 Å². The van der Waals surface area contributed by atoms with Crippen LogP contribution in [-0.2, 0) is 6.54 Å². The highest BCUT2D eigenvalue weighted by Crippen LogP contribution is 2.40. The average molecular weight is 324 g/mol. The van der Waals surface area contributed by atoms with Gasteiger partial charge in [0.2, 0.25) is 5.88 Å². The number of fused-ring (bicyclic) bond motifs is 1. The third-order valence-electron chi connectivity index (χ3n) is 3.70. The Morgan fingerprint density at radius 2 is 1.83 bits per heavy atom. The highest BCUT2D eigenvalue weighted by atomic mass is 16.6. The fourth-order valence-corrected chi connectivity index (χ4v) is 2.63. The average Bonchev–Trinajstić information content (AvgIpc) is 2.86. The van der Waals surface area contributed by atoms with Crippen LogP contribution in [0, 0.1) is 10.1 Å². The highest BCUT2D eigenvalue weighted by Gasteiger charge is 2.17. The van der Waals surface area contributed by atoms with Crippen molar-refractivity contribution < 1.29 is 10.0 Å². The molecule has 0 radical (unpaired) electrons. The van der Waals surface area contributed by atoms with Gasteiger partial charge in [0.05, 0.1) is 10.4 Å². The van der Waals surface area contributed by atoms with Crippen LogP contribution in [0.25, 0.3) is 10.9 Å². The summed E-state index contributed by atoms with van der Waals surface area (Å²) < 4.78 is 1.77. The first-order valence-electron chi connectivity index (χ1n) is 7.58. The van der Waals surface area contributed by atoms with E-state index >= 15 is 0 Å². The Morgan fingerprint density at radius 3 is 2.58 bits per heavy atom. The molecule has 2 aromatic carbocycles. The van der Waals surface area contributed by atoms with Crippen LogP contribution in [0.15, 0.2) is 58.8 Å². The van der Waals surface area contributed by atoms with E-state index in [1.807, 2.05) is 31.2 Å². The molecular weight excluding hydrogens is 308 g/mol. The second kappa shape index (κ2) is 6.49. The number of nitrogens with zero attached hydrogens (tertiary/aromatic N) is 4. The number of rotatable bonds is 5. The van der Waals surface area contributed by atoms with Crippen molar-refractivity contribution in [3.63, 3.8) is 0 Å². The van der Waals surface area contributed by atoms with Gasteiger partial charge in [-0.2, -0.15) is 0 Å². The van der Waals surface area contributed by atoms with Crippen LogP contribution in [0.5, 0.6) is 5.88 Å². The Balaban J connectivity index is 2.11. The minimum atomic E-state index is -0.505. The molecule has 1 heterocycles. The molecule has 0 aliphatic rings. The van der Waals surface area contributed by atoms with Crippen LogP contribution in [0.3, 0.4) is 0 Å². The van der Waals surface area contributed by atoms with Crippen molar-refractivity contribution in [2.75, 3.05) is 0 Å². The van der Waals surface area contributed by atoms with E-state index in [1.165, 1.54) is 12.1 Å². The molecule has 24 heavy (non-hydrogen) atoms. The maximum atomic E-state index is 11.1. The molecule has 3 rings (SSSR count). The fourth-order valence-electron chi connectivity index (χ4n) is 2.63. The lowest BCUT2D eigenvalue weighted by Gasteiger charge is -2.03. The largest absolute Gasteiger partial charge is 0.493 e. The number of nitro groups is 1. The number of aromatic nitrogens is 1. The van der Waals surface area contributed by atoms with E-state index in [4.69, 9.17) is 0 Å². The summed E-state index contributed by atoms with van der Waals surface area (Å²) in [4.78, 5) is 10.5. The first-order valence-corrected chi connectivity index (χ1v) is 7.58. The molecule has 0 saturated carbocycles. The third-order valence-corrected chi connectivity index (χ3v) is 3.70. The predicted octanol–water partition coefficient (Wildman–Crippen LogP) is 5.08. The maximum Gasteiger partial charge on any atom is 0.296 e.